The Morgan fingerprint density at radius 3 is 2.60 bits per heavy atom. The quantitative estimate of drug-likeness (QED) is 0.776. The molecule has 2 aliphatic rings. The van der Waals surface area contributed by atoms with Crippen molar-refractivity contribution in [2.24, 2.45) is 5.92 Å². The summed E-state index contributed by atoms with van der Waals surface area (Å²) in [6.45, 7) is 4.58. The van der Waals surface area contributed by atoms with Crippen molar-refractivity contribution in [1.29, 1.82) is 5.26 Å². The van der Waals surface area contributed by atoms with Gasteiger partial charge in [-0.3, -0.25) is 0 Å². The fourth-order valence-electron chi connectivity index (χ4n) is 4.26. The van der Waals surface area contributed by atoms with E-state index in [4.69, 9.17) is 0 Å². The van der Waals surface area contributed by atoms with Crippen LogP contribution in [0.5, 0.6) is 0 Å². The normalized spacial score (nSPS) is 27.6. The van der Waals surface area contributed by atoms with Gasteiger partial charge in [-0.2, -0.15) is 5.26 Å². The van der Waals surface area contributed by atoms with E-state index in [1.165, 1.54) is 51.6 Å². The van der Waals surface area contributed by atoms with Crippen LogP contribution >= 0.6 is 0 Å². The molecule has 2 fully saturated rings. The van der Waals surface area contributed by atoms with Gasteiger partial charge >= 0.3 is 0 Å². The van der Waals surface area contributed by atoms with Crippen molar-refractivity contribution < 1.29 is 0 Å². The SMILES string of the molecule is CCC(C#N)(CCCN1CCCC1C1CCCC1)NC. The molecule has 114 valence electrons. The molecule has 0 radical (unpaired) electrons. The van der Waals surface area contributed by atoms with Crippen molar-refractivity contribution in [2.45, 2.75) is 76.3 Å². The number of hydrogen-bond acceptors (Lipinski definition) is 3. The van der Waals surface area contributed by atoms with Gasteiger partial charge in [-0.1, -0.05) is 19.8 Å². The minimum Gasteiger partial charge on any atom is -0.302 e. The highest BCUT2D eigenvalue weighted by molar-refractivity contribution is 5.05. The van der Waals surface area contributed by atoms with Gasteiger partial charge in [-0.25, -0.2) is 0 Å². The van der Waals surface area contributed by atoms with Gasteiger partial charge in [0.05, 0.1) is 6.07 Å². The summed E-state index contributed by atoms with van der Waals surface area (Å²) in [5.41, 5.74) is -0.303. The Hall–Kier alpha value is -0.590. The highest BCUT2D eigenvalue weighted by Gasteiger charge is 2.33. The third kappa shape index (κ3) is 3.54. The van der Waals surface area contributed by atoms with E-state index in [1.54, 1.807) is 0 Å². The molecule has 0 aromatic carbocycles. The first-order valence-electron chi connectivity index (χ1n) is 8.59. The summed E-state index contributed by atoms with van der Waals surface area (Å²) >= 11 is 0. The Kier molecular flexibility index (Phi) is 5.86. The zero-order chi connectivity index (χ0) is 14.4. The molecular weight excluding hydrogens is 246 g/mol. The summed E-state index contributed by atoms with van der Waals surface area (Å²) in [4.78, 5) is 2.73. The van der Waals surface area contributed by atoms with Crippen LogP contribution in [-0.4, -0.2) is 36.6 Å². The number of rotatable bonds is 7. The monoisotopic (exact) mass is 277 g/mol. The Bertz CT molecular complexity index is 324. The van der Waals surface area contributed by atoms with Crippen LogP contribution in [-0.2, 0) is 0 Å². The van der Waals surface area contributed by atoms with Gasteiger partial charge in [0.2, 0.25) is 0 Å². The Morgan fingerprint density at radius 1 is 1.25 bits per heavy atom. The highest BCUT2D eigenvalue weighted by atomic mass is 15.2. The lowest BCUT2D eigenvalue weighted by molar-refractivity contribution is 0.183. The molecule has 0 amide bonds. The van der Waals surface area contributed by atoms with Crippen LogP contribution in [0, 0.1) is 17.2 Å². The molecule has 2 atom stereocenters. The lowest BCUT2D eigenvalue weighted by atomic mass is 9.91. The topological polar surface area (TPSA) is 39.1 Å². The second kappa shape index (κ2) is 7.43. The van der Waals surface area contributed by atoms with Gasteiger partial charge in [0.25, 0.3) is 0 Å². The predicted molar refractivity (Wildman–Crippen MR) is 83.5 cm³/mol. The van der Waals surface area contributed by atoms with E-state index in [0.717, 1.165) is 31.2 Å². The predicted octanol–water partition coefficient (Wildman–Crippen LogP) is 3.31. The van der Waals surface area contributed by atoms with E-state index >= 15 is 0 Å². The first kappa shape index (κ1) is 15.8. The van der Waals surface area contributed by atoms with Crippen LogP contribution in [0.25, 0.3) is 0 Å². The molecule has 1 saturated carbocycles. The standard InChI is InChI=1S/C17H31N3/c1-3-17(14-18,19-2)11-7-13-20-12-6-10-16(20)15-8-4-5-9-15/h15-16,19H,3-13H2,1-2H3. The van der Waals surface area contributed by atoms with Gasteiger partial charge in [0.1, 0.15) is 5.54 Å². The van der Waals surface area contributed by atoms with Crippen LogP contribution in [0.15, 0.2) is 0 Å². The molecule has 1 heterocycles. The number of likely N-dealkylation sites (tertiary alicyclic amines) is 1. The Labute approximate surface area is 124 Å². The average molecular weight is 277 g/mol. The summed E-state index contributed by atoms with van der Waals surface area (Å²) in [7, 11) is 1.92. The smallest absolute Gasteiger partial charge is 0.106 e. The summed E-state index contributed by atoms with van der Waals surface area (Å²) in [5.74, 6) is 0.966. The molecule has 1 aliphatic carbocycles. The molecule has 3 nitrogen and oxygen atoms in total. The Morgan fingerprint density at radius 2 is 2.00 bits per heavy atom. The van der Waals surface area contributed by atoms with Crippen molar-refractivity contribution in [2.75, 3.05) is 20.1 Å². The maximum absolute atomic E-state index is 9.37. The van der Waals surface area contributed by atoms with Crippen molar-refractivity contribution in [3.63, 3.8) is 0 Å². The molecule has 0 aromatic rings. The molecule has 3 heteroatoms. The van der Waals surface area contributed by atoms with Gasteiger partial charge < -0.3 is 10.2 Å². The van der Waals surface area contributed by atoms with E-state index < -0.39 is 0 Å². The molecule has 20 heavy (non-hydrogen) atoms. The average Bonchev–Trinajstić information content (AvgIpc) is 3.14. The molecular formula is C17H31N3. The van der Waals surface area contributed by atoms with E-state index in [1.807, 2.05) is 7.05 Å². The van der Waals surface area contributed by atoms with Gasteiger partial charge in [0, 0.05) is 6.04 Å². The van der Waals surface area contributed by atoms with Crippen molar-refractivity contribution in [1.82, 2.24) is 10.2 Å². The molecule has 0 bridgehead atoms. The zero-order valence-electron chi connectivity index (χ0n) is 13.3. The van der Waals surface area contributed by atoms with E-state index in [2.05, 4.69) is 23.2 Å². The van der Waals surface area contributed by atoms with Crippen LogP contribution in [0.1, 0.15) is 64.7 Å². The second-order valence-corrected chi connectivity index (χ2v) is 6.69. The zero-order valence-corrected chi connectivity index (χ0v) is 13.3. The molecule has 1 saturated heterocycles. The summed E-state index contributed by atoms with van der Waals surface area (Å²) in [5, 5.41) is 12.6. The highest BCUT2D eigenvalue weighted by Crippen LogP contribution is 2.35. The summed E-state index contributed by atoms with van der Waals surface area (Å²) < 4.78 is 0. The molecule has 0 aromatic heterocycles. The van der Waals surface area contributed by atoms with E-state index in [9.17, 15) is 5.26 Å². The maximum Gasteiger partial charge on any atom is 0.106 e. The van der Waals surface area contributed by atoms with Crippen LogP contribution in [0.4, 0.5) is 0 Å². The minimum atomic E-state index is -0.303. The maximum atomic E-state index is 9.37. The second-order valence-electron chi connectivity index (χ2n) is 6.69. The Balaban J connectivity index is 1.79. The van der Waals surface area contributed by atoms with Gasteiger partial charge in [0.15, 0.2) is 0 Å². The molecule has 2 unspecified atom stereocenters. The molecule has 1 N–H and O–H groups in total. The number of nitrogens with one attached hydrogen (secondary N) is 1. The summed E-state index contributed by atoms with van der Waals surface area (Å²) in [6.07, 6.45) is 11.6. The lowest BCUT2D eigenvalue weighted by Gasteiger charge is -2.31. The lowest BCUT2D eigenvalue weighted by Crippen LogP contribution is -2.42. The third-order valence-corrected chi connectivity index (χ3v) is 5.70. The van der Waals surface area contributed by atoms with Crippen molar-refractivity contribution in [3.8, 4) is 6.07 Å². The third-order valence-electron chi connectivity index (χ3n) is 5.70. The van der Waals surface area contributed by atoms with Gasteiger partial charge in [-0.15, -0.1) is 0 Å². The van der Waals surface area contributed by atoms with Crippen LogP contribution in [0.3, 0.4) is 0 Å². The van der Waals surface area contributed by atoms with Crippen LogP contribution < -0.4 is 5.32 Å². The molecule has 2 rings (SSSR count). The number of nitriles is 1. The van der Waals surface area contributed by atoms with Gasteiger partial charge in [-0.05, 0) is 71.0 Å². The van der Waals surface area contributed by atoms with E-state index in [0.29, 0.717) is 0 Å². The first-order chi connectivity index (χ1) is 9.74. The fraction of sp³-hybridized carbons (Fsp3) is 0.941. The van der Waals surface area contributed by atoms with E-state index in [-0.39, 0.29) is 5.54 Å². The first-order valence-corrected chi connectivity index (χ1v) is 8.59. The molecule has 0 spiro atoms. The van der Waals surface area contributed by atoms with Crippen molar-refractivity contribution in [3.05, 3.63) is 0 Å². The summed E-state index contributed by atoms with van der Waals surface area (Å²) in [6, 6.07) is 3.33. The van der Waals surface area contributed by atoms with Crippen LogP contribution in [0.2, 0.25) is 0 Å². The number of hydrogen-bond donors (Lipinski definition) is 1. The molecule has 1 aliphatic heterocycles. The fourth-order valence-corrected chi connectivity index (χ4v) is 4.26. The number of nitrogens with zero attached hydrogens (tertiary/aromatic N) is 2. The van der Waals surface area contributed by atoms with Crippen molar-refractivity contribution >= 4 is 0 Å². The minimum absolute atomic E-state index is 0.303. The largest absolute Gasteiger partial charge is 0.302 e.